The molecule has 0 aliphatic carbocycles. The van der Waals surface area contributed by atoms with Crippen LogP contribution >= 0.6 is 0 Å². The minimum absolute atomic E-state index is 0.400. The van der Waals surface area contributed by atoms with Gasteiger partial charge in [-0.2, -0.15) is 14.8 Å². The molecular formula is C6H4N4O4. The Labute approximate surface area is 77.1 Å². The van der Waals surface area contributed by atoms with E-state index in [-0.39, 0.29) is 0 Å². The summed E-state index contributed by atoms with van der Waals surface area (Å²) >= 11 is 0. The molecule has 0 unspecified atom stereocenters. The van der Waals surface area contributed by atoms with E-state index in [9.17, 15) is 14.4 Å². The van der Waals surface area contributed by atoms with Crippen LogP contribution in [0, 0.1) is 0 Å². The summed E-state index contributed by atoms with van der Waals surface area (Å²) in [4.78, 5) is 36.2. The molecule has 4 aliphatic heterocycles. The summed E-state index contributed by atoms with van der Waals surface area (Å²) in [6, 6.07) is -1.81. The number of urea groups is 3. The first-order valence-electron chi connectivity index (χ1n) is 4.13. The molecule has 0 aromatic carbocycles. The molecule has 0 radical (unpaired) electrons. The third-order valence-corrected chi connectivity index (χ3v) is 2.89. The zero-order valence-corrected chi connectivity index (χ0v) is 6.84. The lowest BCUT2D eigenvalue weighted by Crippen LogP contribution is -2.79. The van der Waals surface area contributed by atoms with Crippen LogP contribution in [0.25, 0.3) is 0 Å². The number of hydrazine groups is 1. The Morgan fingerprint density at radius 3 is 2.36 bits per heavy atom. The van der Waals surface area contributed by atoms with Gasteiger partial charge < -0.3 is 4.74 Å². The van der Waals surface area contributed by atoms with Gasteiger partial charge in [-0.05, 0) is 0 Å². The van der Waals surface area contributed by atoms with E-state index in [1.807, 2.05) is 0 Å². The molecule has 6 amide bonds. The van der Waals surface area contributed by atoms with Crippen molar-refractivity contribution in [3.63, 3.8) is 0 Å². The van der Waals surface area contributed by atoms with Gasteiger partial charge in [0.15, 0.2) is 0 Å². The predicted molar refractivity (Wildman–Crippen MR) is 37.1 cm³/mol. The maximum atomic E-state index is 11.5. The molecule has 8 heteroatoms. The first-order chi connectivity index (χ1) is 6.69. The van der Waals surface area contributed by atoms with Crippen molar-refractivity contribution in [2.75, 3.05) is 13.2 Å². The molecule has 14 heavy (non-hydrogen) atoms. The second kappa shape index (κ2) is 1.51. The minimum Gasteiger partial charge on any atom is -0.321 e. The van der Waals surface area contributed by atoms with Crippen molar-refractivity contribution in [2.45, 2.75) is 5.97 Å². The molecule has 1 spiro atoms. The molecule has 0 N–H and O–H groups in total. The second-order valence-corrected chi connectivity index (χ2v) is 3.38. The van der Waals surface area contributed by atoms with E-state index < -0.39 is 24.1 Å². The zero-order chi connectivity index (χ0) is 9.66. The third kappa shape index (κ3) is 0.341. The van der Waals surface area contributed by atoms with Crippen LogP contribution in [0.5, 0.6) is 0 Å². The summed E-state index contributed by atoms with van der Waals surface area (Å²) in [5.74, 6) is -1.23. The summed E-state index contributed by atoms with van der Waals surface area (Å²) in [7, 11) is 0. The van der Waals surface area contributed by atoms with Crippen LogP contribution in [0.2, 0.25) is 0 Å². The van der Waals surface area contributed by atoms with E-state index in [1.165, 1.54) is 5.01 Å². The SMILES string of the molecule is O=C1N2C(=O)N3C(=O)N1C31OCCN21. The number of nitrogens with zero attached hydrogens (tertiary/aromatic N) is 4. The highest BCUT2D eigenvalue weighted by Crippen LogP contribution is 2.53. The van der Waals surface area contributed by atoms with Crippen molar-refractivity contribution >= 4 is 18.1 Å². The summed E-state index contributed by atoms with van der Waals surface area (Å²) < 4.78 is 5.30. The van der Waals surface area contributed by atoms with E-state index in [0.717, 1.165) is 14.8 Å². The topological polar surface area (TPSA) is 73.4 Å². The summed E-state index contributed by atoms with van der Waals surface area (Å²) in [5, 5.41) is 2.42. The smallest absolute Gasteiger partial charge is 0.321 e. The molecule has 0 aromatic heterocycles. The van der Waals surface area contributed by atoms with Crippen LogP contribution in [0.4, 0.5) is 14.4 Å². The number of rotatable bonds is 0. The fourth-order valence-electron chi connectivity index (χ4n) is 2.37. The van der Waals surface area contributed by atoms with Gasteiger partial charge in [0.1, 0.15) is 0 Å². The number of hydrogen-bond acceptors (Lipinski definition) is 5. The number of imide groups is 3. The molecule has 0 atom stereocenters. The van der Waals surface area contributed by atoms with Crippen LogP contribution in [-0.2, 0) is 4.74 Å². The third-order valence-electron chi connectivity index (χ3n) is 2.89. The van der Waals surface area contributed by atoms with Gasteiger partial charge in [0.2, 0.25) is 0 Å². The average Bonchev–Trinajstić information content (AvgIpc) is 2.61. The molecular weight excluding hydrogens is 192 g/mol. The van der Waals surface area contributed by atoms with Crippen molar-refractivity contribution in [1.82, 2.24) is 19.8 Å². The first-order valence-corrected chi connectivity index (χ1v) is 4.13. The van der Waals surface area contributed by atoms with Crippen molar-refractivity contribution < 1.29 is 19.1 Å². The number of carbonyl (C=O) groups is 3. The fraction of sp³-hybridized carbons (Fsp3) is 0.500. The molecule has 72 valence electrons. The maximum absolute atomic E-state index is 11.5. The highest BCUT2D eigenvalue weighted by atomic mass is 16.6. The van der Waals surface area contributed by atoms with Crippen molar-refractivity contribution in [3.05, 3.63) is 0 Å². The molecule has 0 saturated carbocycles. The highest BCUT2D eigenvalue weighted by molar-refractivity contribution is 6.18. The van der Waals surface area contributed by atoms with E-state index in [1.54, 1.807) is 0 Å². The Balaban J connectivity index is 2.01. The maximum Gasteiger partial charge on any atom is 0.356 e. The normalized spacial score (nSPS) is 31.7. The average molecular weight is 196 g/mol. The lowest BCUT2D eigenvalue weighted by Gasteiger charge is -2.48. The highest BCUT2D eigenvalue weighted by Gasteiger charge is 2.84. The Morgan fingerprint density at radius 1 is 1.07 bits per heavy atom. The molecule has 4 saturated heterocycles. The van der Waals surface area contributed by atoms with Gasteiger partial charge in [-0.3, -0.25) is 0 Å². The van der Waals surface area contributed by atoms with Crippen LogP contribution in [0.1, 0.15) is 0 Å². The molecule has 4 rings (SSSR count). The summed E-state index contributed by atoms with van der Waals surface area (Å²) in [5.41, 5.74) is 0. The Kier molecular flexibility index (Phi) is 0.725. The van der Waals surface area contributed by atoms with Gasteiger partial charge in [-0.1, -0.05) is 0 Å². The number of hydrogen-bond donors (Lipinski definition) is 0. The quantitative estimate of drug-likeness (QED) is 0.504. The van der Waals surface area contributed by atoms with Crippen molar-refractivity contribution in [2.24, 2.45) is 0 Å². The molecule has 8 nitrogen and oxygen atoms in total. The number of amides is 6. The van der Waals surface area contributed by atoms with Gasteiger partial charge in [0.05, 0.1) is 6.61 Å². The van der Waals surface area contributed by atoms with Crippen LogP contribution in [-0.4, -0.2) is 57.0 Å². The lowest BCUT2D eigenvalue weighted by atomic mass is 10.3. The number of ether oxygens (including phenoxy) is 1. The van der Waals surface area contributed by atoms with Crippen molar-refractivity contribution in [1.29, 1.82) is 0 Å². The van der Waals surface area contributed by atoms with Gasteiger partial charge >= 0.3 is 24.1 Å². The summed E-state index contributed by atoms with van der Waals surface area (Å²) in [6.45, 7) is 0.842. The van der Waals surface area contributed by atoms with Gasteiger partial charge in [-0.15, -0.1) is 5.01 Å². The fourth-order valence-corrected chi connectivity index (χ4v) is 2.37. The molecule has 0 aromatic rings. The predicted octanol–water partition coefficient (Wildman–Crippen LogP) is -0.848. The standard InChI is InChI=1S/C6H4N4O4/c11-3-8-4(12)10-5(13)9(3)6(8)7(10)1-2-14-6/h1-2H2. The van der Waals surface area contributed by atoms with Gasteiger partial charge in [0, 0.05) is 6.54 Å². The largest absolute Gasteiger partial charge is 0.356 e. The minimum atomic E-state index is -1.23. The molecule has 4 heterocycles. The monoisotopic (exact) mass is 196 g/mol. The first kappa shape index (κ1) is 6.74. The van der Waals surface area contributed by atoms with Gasteiger partial charge in [-0.25, -0.2) is 14.4 Å². The van der Waals surface area contributed by atoms with E-state index in [4.69, 9.17) is 4.74 Å². The van der Waals surface area contributed by atoms with E-state index in [2.05, 4.69) is 0 Å². The molecule has 2 bridgehead atoms. The Bertz CT molecular complexity index is 386. The van der Waals surface area contributed by atoms with E-state index in [0.29, 0.717) is 13.2 Å². The van der Waals surface area contributed by atoms with Crippen LogP contribution in [0.15, 0.2) is 0 Å². The van der Waals surface area contributed by atoms with Gasteiger partial charge in [0.25, 0.3) is 0 Å². The number of carbonyl (C=O) groups excluding carboxylic acids is 3. The lowest BCUT2D eigenvalue weighted by molar-refractivity contribution is -0.236. The Morgan fingerprint density at radius 2 is 1.71 bits per heavy atom. The van der Waals surface area contributed by atoms with Crippen LogP contribution in [0.3, 0.4) is 0 Å². The molecule has 4 aliphatic rings. The van der Waals surface area contributed by atoms with Crippen molar-refractivity contribution in [3.8, 4) is 0 Å². The van der Waals surface area contributed by atoms with E-state index >= 15 is 0 Å². The summed E-state index contributed by atoms with van der Waals surface area (Å²) in [6.07, 6.45) is 0. The molecule has 4 fully saturated rings. The second-order valence-electron chi connectivity index (χ2n) is 3.38. The van der Waals surface area contributed by atoms with Crippen LogP contribution < -0.4 is 0 Å². The Hall–Kier alpha value is -1.67. The zero-order valence-electron chi connectivity index (χ0n) is 6.84.